The van der Waals surface area contributed by atoms with Crippen LogP contribution in [0.3, 0.4) is 0 Å². The Morgan fingerprint density at radius 3 is 2.91 bits per heavy atom. The summed E-state index contributed by atoms with van der Waals surface area (Å²) in [5.74, 6) is 0.843. The number of hydrogen-bond acceptors (Lipinski definition) is 4. The standard InChI is InChI=1S/C16H17N5O/c1-22-11-4-2-10(3-5-11)14-12(8-20-21-14)15-16-13(6-7-17-15)18-9-19-16/h2-5,8-9,15,17H,6-7H2,1H3,(H,18,19)(H,20,21)/t15-/m0/s1. The Morgan fingerprint density at radius 1 is 1.23 bits per heavy atom. The average molecular weight is 295 g/mol. The molecule has 0 saturated carbocycles. The highest BCUT2D eigenvalue weighted by Crippen LogP contribution is 2.32. The van der Waals surface area contributed by atoms with E-state index in [1.807, 2.05) is 30.5 Å². The number of aromatic nitrogens is 4. The van der Waals surface area contributed by atoms with E-state index in [1.54, 1.807) is 13.4 Å². The number of imidazole rings is 1. The number of nitrogens with one attached hydrogen (secondary N) is 3. The monoisotopic (exact) mass is 295 g/mol. The molecule has 1 aliphatic rings. The average Bonchev–Trinajstić information content (AvgIpc) is 3.23. The molecule has 3 heterocycles. The van der Waals surface area contributed by atoms with Crippen LogP contribution in [-0.2, 0) is 6.42 Å². The molecule has 0 bridgehead atoms. The Labute approximate surface area is 127 Å². The lowest BCUT2D eigenvalue weighted by Crippen LogP contribution is -2.30. The zero-order chi connectivity index (χ0) is 14.9. The summed E-state index contributed by atoms with van der Waals surface area (Å²) >= 11 is 0. The Morgan fingerprint density at radius 2 is 2.09 bits per heavy atom. The molecule has 0 amide bonds. The van der Waals surface area contributed by atoms with Gasteiger partial charge in [0.25, 0.3) is 0 Å². The van der Waals surface area contributed by atoms with E-state index in [0.717, 1.165) is 41.2 Å². The molecule has 6 heteroatoms. The predicted molar refractivity (Wildman–Crippen MR) is 82.7 cm³/mol. The molecular formula is C16H17N5O. The molecule has 3 aromatic rings. The van der Waals surface area contributed by atoms with Crippen LogP contribution in [0.5, 0.6) is 5.75 Å². The molecule has 1 aliphatic heterocycles. The van der Waals surface area contributed by atoms with Gasteiger partial charge in [-0.05, 0) is 24.3 Å². The Kier molecular flexibility index (Phi) is 3.16. The number of H-pyrrole nitrogens is 2. The number of aromatic amines is 2. The largest absolute Gasteiger partial charge is 0.497 e. The summed E-state index contributed by atoms with van der Waals surface area (Å²) in [6.45, 7) is 0.924. The van der Waals surface area contributed by atoms with Gasteiger partial charge >= 0.3 is 0 Å². The fourth-order valence-electron chi connectivity index (χ4n) is 2.98. The lowest BCUT2D eigenvalue weighted by atomic mass is 9.96. The van der Waals surface area contributed by atoms with Gasteiger partial charge in [0.05, 0.1) is 37.1 Å². The third kappa shape index (κ3) is 2.08. The first-order chi connectivity index (χ1) is 10.9. The molecule has 6 nitrogen and oxygen atoms in total. The van der Waals surface area contributed by atoms with Crippen LogP contribution >= 0.6 is 0 Å². The van der Waals surface area contributed by atoms with Gasteiger partial charge in [0.2, 0.25) is 0 Å². The van der Waals surface area contributed by atoms with Gasteiger partial charge in [0.15, 0.2) is 0 Å². The molecule has 1 aromatic carbocycles. The SMILES string of the molecule is COc1ccc(-c2[nH]ncc2[C@@H]2NCCc3[nH]cnc32)cc1. The predicted octanol–water partition coefficient (Wildman–Crippen LogP) is 2.04. The van der Waals surface area contributed by atoms with Crippen molar-refractivity contribution in [2.45, 2.75) is 12.5 Å². The first-order valence-electron chi connectivity index (χ1n) is 7.30. The van der Waals surface area contributed by atoms with Gasteiger partial charge in [-0.15, -0.1) is 0 Å². The molecule has 1 atom stereocenters. The molecule has 0 unspecified atom stereocenters. The van der Waals surface area contributed by atoms with Crippen molar-refractivity contribution >= 4 is 0 Å². The second-order valence-electron chi connectivity index (χ2n) is 5.33. The summed E-state index contributed by atoms with van der Waals surface area (Å²) in [5, 5.41) is 10.9. The maximum atomic E-state index is 5.22. The minimum atomic E-state index is 0.0610. The number of hydrogen-bond donors (Lipinski definition) is 3. The van der Waals surface area contributed by atoms with Crippen molar-refractivity contribution in [1.82, 2.24) is 25.5 Å². The molecule has 0 spiro atoms. The molecule has 112 valence electrons. The normalized spacial score (nSPS) is 17.2. The summed E-state index contributed by atoms with van der Waals surface area (Å²) in [4.78, 5) is 7.70. The minimum absolute atomic E-state index is 0.0610. The second-order valence-corrected chi connectivity index (χ2v) is 5.33. The number of rotatable bonds is 3. The number of benzene rings is 1. The molecule has 0 aliphatic carbocycles. The van der Waals surface area contributed by atoms with E-state index in [9.17, 15) is 0 Å². The molecule has 0 radical (unpaired) electrons. The summed E-state index contributed by atoms with van der Waals surface area (Å²) in [5.41, 5.74) is 5.46. The quantitative estimate of drug-likeness (QED) is 0.691. The van der Waals surface area contributed by atoms with E-state index in [2.05, 4.69) is 25.5 Å². The van der Waals surface area contributed by atoms with Crippen molar-refractivity contribution in [2.75, 3.05) is 13.7 Å². The van der Waals surface area contributed by atoms with Crippen LogP contribution in [0, 0.1) is 0 Å². The topological polar surface area (TPSA) is 78.6 Å². The van der Waals surface area contributed by atoms with E-state index in [0.29, 0.717) is 0 Å². The summed E-state index contributed by atoms with van der Waals surface area (Å²) < 4.78 is 5.22. The number of nitrogens with zero attached hydrogens (tertiary/aromatic N) is 2. The van der Waals surface area contributed by atoms with Crippen LogP contribution in [0.4, 0.5) is 0 Å². The van der Waals surface area contributed by atoms with Crippen LogP contribution < -0.4 is 10.1 Å². The highest BCUT2D eigenvalue weighted by Gasteiger charge is 2.27. The lowest BCUT2D eigenvalue weighted by Gasteiger charge is -2.23. The third-order valence-corrected chi connectivity index (χ3v) is 4.11. The van der Waals surface area contributed by atoms with Crippen molar-refractivity contribution in [1.29, 1.82) is 0 Å². The molecule has 4 rings (SSSR count). The first-order valence-corrected chi connectivity index (χ1v) is 7.30. The van der Waals surface area contributed by atoms with Crippen LogP contribution in [0.15, 0.2) is 36.8 Å². The summed E-state index contributed by atoms with van der Waals surface area (Å²) in [7, 11) is 1.67. The second kappa shape index (κ2) is 5.31. The fraction of sp³-hybridized carbons (Fsp3) is 0.250. The molecule has 0 fully saturated rings. The van der Waals surface area contributed by atoms with Crippen LogP contribution in [0.2, 0.25) is 0 Å². The Hall–Kier alpha value is -2.60. The minimum Gasteiger partial charge on any atom is -0.497 e. The number of ether oxygens (including phenoxy) is 1. The van der Waals surface area contributed by atoms with Gasteiger partial charge in [-0.25, -0.2) is 4.98 Å². The maximum absolute atomic E-state index is 5.22. The fourth-order valence-corrected chi connectivity index (χ4v) is 2.98. The van der Waals surface area contributed by atoms with E-state index >= 15 is 0 Å². The third-order valence-electron chi connectivity index (χ3n) is 4.11. The Balaban J connectivity index is 1.75. The van der Waals surface area contributed by atoms with E-state index in [-0.39, 0.29) is 6.04 Å². The van der Waals surface area contributed by atoms with Gasteiger partial charge < -0.3 is 15.0 Å². The van der Waals surface area contributed by atoms with E-state index < -0.39 is 0 Å². The van der Waals surface area contributed by atoms with Crippen molar-refractivity contribution in [3.05, 3.63) is 53.7 Å². The maximum Gasteiger partial charge on any atom is 0.118 e. The van der Waals surface area contributed by atoms with Crippen molar-refractivity contribution < 1.29 is 4.74 Å². The summed E-state index contributed by atoms with van der Waals surface area (Å²) in [6, 6.07) is 8.03. The highest BCUT2D eigenvalue weighted by molar-refractivity contribution is 5.65. The van der Waals surface area contributed by atoms with Gasteiger partial charge in [0.1, 0.15) is 5.75 Å². The van der Waals surface area contributed by atoms with Crippen LogP contribution in [-0.4, -0.2) is 33.8 Å². The number of fused-ring (bicyclic) bond motifs is 1. The van der Waals surface area contributed by atoms with Crippen LogP contribution in [0.25, 0.3) is 11.3 Å². The van der Waals surface area contributed by atoms with Crippen molar-refractivity contribution in [2.24, 2.45) is 0 Å². The first kappa shape index (κ1) is 13.1. The molecule has 22 heavy (non-hydrogen) atoms. The lowest BCUT2D eigenvalue weighted by molar-refractivity contribution is 0.415. The molecule has 0 saturated heterocycles. The smallest absolute Gasteiger partial charge is 0.118 e. The zero-order valence-electron chi connectivity index (χ0n) is 12.3. The van der Waals surface area contributed by atoms with Gasteiger partial charge in [-0.2, -0.15) is 5.10 Å². The van der Waals surface area contributed by atoms with E-state index in [4.69, 9.17) is 4.74 Å². The van der Waals surface area contributed by atoms with Gasteiger partial charge in [-0.1, -0.05) is 0 Å². The molecule has 2 aromatic heterocycles. The van der Waals surface area contributed by atoms with Crippen LogP contribution in [0.1, 0.15) is 23.0 Å². The van der Waals surface area contributed by atoms with Gasteiger partial charge in [-0.3, -0.25) is 5.10 Å². The Bertz CT molecular complexity index is 774. The van der Waals surface area contributed by atoms with Crippen molar-refractivity contribution in [3.63, 3.8) is 0 Å². The van der Waals surface area contributed by atoms with Gasteiger partial charge in [0, 0.05) is 29.8 Å². The summed E-state index contributed by atoms with van der Waals surface area (Å²) in [6.07, 6.45) is 4.61. The zero-order valence-corrected chi connectivity index (χ0v) is 12.3. The highest BCUT2D eigenvalue weighted by atomic mass is 16.5. The number of methoxy groups -OCH3 is 1. The van der Waals surface area contributed by atoms with E-state index in [1.165, 1.54) is 5.69 Å². The van der Waals surface area contributed by atoms with Crippen molar-refractivity contribution in [3.8, 4) is 17.0 Å². The molecule has 3 N–H and O–H groups in total. The molecular weight excluding hydrogens is 278 g/mol.